The Balaban J connectivity index is 0.000000494. The molecule has 0 aromatic heterocycles. The van der Waals surface area contributed by atoms with Gasteiger partial charge in [0.2, 0.25) is 0 Å². The zero-order valence-corrected chi connectivity index (χ0v) is 22.0. The van der Waals surface area contributed by atoms with Gasteiger partial charge in [0.25, 0.3) is 0 Å². The molecule has 184 valence electrons. The number of fused-ring (bicyclic) bond motifs is 2. The molecule has 3 aromatic rings. The Kier molecular flexibility index (Phi) is 8.98. The highest BCUT2D eigenvalue weighted by Crippen LogP contribution is 2.44. The molecular weight excluding hydrogens is 483 g/mol. The van der Waals surface area contributed by atoms with Gasteiger partial charge in [0.05, 0.1) is 36.8 Å². The summed E-state index contributed by atoms with van der Waals surface area (Å²) in [5.41, 5.74) is 12.5. The van der Waals surface area contributed by atoms with Crippen molar-refractivity contribution in [2.24, 2.45) is 10.7 Å². The molecule has 0 radical (unpaired) electrons. The van der Waals surface area contributed by atoms with Crippen molar-refractivity contribution in [1.82, 2.24) is 0 Å². The predicted octanol–water partition coefficient (Wildman–Crippen LogP) is 7.34. The molecule has 0 fully saturated rings. The van der Waals surface area contributed by atoms with Crippen LogP contribution in [0.5, 0.6) is 0 Å². The summed E-state index contributed by atoms with van der Waals surface area (Å²) >= 11 is 0. The van der Waals surface area contributed by atoms with Crippen molar-refractivity contribution in [2.45, 2.75) is 13.3 Å². The Morgan fingerprint density at radius 2 is 1.50 bits per heavy atom. The number of benzene rings is 3. The summed E-state index contributed by atoms with van der Waals surface area (Å²) in [6.07, 6.45) is 14.5. The molecule has 4 nitrogen and oxygen atoms in total. The standard InChI is InChI=1S/C27H21N4P.C6H6/c1-19-21-5-2-3-8-26(30)27(25(19)7-4-6-21)31-22-11-15-24(16-12-22)32(18-29)23-13-9-20(17-28)10-14-23;1-2-4-6-5-3-1/h2-11,13-16H,12,30H2,1H3;1-6H/b5-2-,8-3-,27-26-,31-22?;. The van der Waals surface area contributed by atoms with Gasteiger partial charge in [-0.2, -0.15) is 10.5 Å². The molecule has 0 aliphatic heterocycles. The summed E-state index contributed by atoms with van der Waals surface area (Å²) < 4.78 is 0. The first-order valence-electron chi connectivity index (χ1n) is 12.2. The molecule has 5 heteroatoms. The zero-order chi connectivity index (χ0) is 26.7. The van der Waals surface area contributed by atoms with Gasteiger partial charge in [0.1, 0.15) is 0 Å². The maximum absolute atomic E-state index is 9.78. The number of allylic oxidation sites excluding steroid dienone is 7. The van der Waals surface area contributed by atoms with Crippen molar-refractivity contribution in [3.05, 3.63) is 149 Å². The molecule has 0 saturated heterocycles. The van der Waals surface area contributed by atoms with E-state index in [4.69, 9.17) is 16.0 Å². The van der Waals surface area contributed by atoms with E-state index in [1.165, 1.54) is 0 Å². The van der Waals surface area contributed by atoms with Gasteiger partial charge in [-0.05, 0) is 53.0 Å². The van der Waals surface area contributed by atoms with Crippen LogP contribution in [0.3, 0.4) is 0 Å². The highest BCUT2D eigenvalue weighted by Gasteiger charge is 2.18. The highest BCUT2D eigenvalue weighted by molar-refractivity contribution is 7.74. The Morgan fingerprint density at radius 3 is 2.11 bits per heavy atom. The quantitative estimate of drug-likeness (QED) is 0.374. The van der Waals surface area contributed by atoms with Gasteiger partial charge in [-0.25, -0.2) is 0 Å². The third kappa shape index (κ3) is 6.51. The molecule has 2 bridgehead atoms. The maximum Gasteiger partial charge on any atom is 0.0991 e. The van der Waals surface area contributed by atoms with Crippen LogP contribution in [0.2, 0.25) is 0 Å². The van der Waals surface area contributed by atoms with E-state index in [2.05, 4.69) is 37.0 Å². The van der Waals surface area contributed by atoms with Crippen molar-refractivity contribution in [1.29, 1.82) is 10.5 Å². The fourth-order valence-electron chi connectivity index (χ4n) is 4.02. The van der Waals surface area contributed by atoms with Crippen LogP contribution in [0.1, 0.15) is 28.7 Å². The first kappa shape index (κ1) is 26.3. The summed E-state index contributed by atoms with van der Waals surface area (Å²) in [5, 5.41) is 20.7. The third-order valence-electron chi connectivity index (χ3n) is 6.07. The minimum Gasteiger partial charge on any atom is -0.397 e. The second-order valence-corrected chi connectivity index (χ2v) is 10.5. The summed E-state index contributed by atoms with van der Waals surface area (Å²) in [4.78, 5) is 4.92. The number of rotatable bonds is 3. The van der Waals surface area contributed by atoms with Crippen LogP contribution in [0.4, 0.5) is 0 Å². The normalized spacial score (nSPS) is 19.2. The number of hydrogen-bond donors (Lipinski definition) is 1. The molecule has 0 saturated carbocycles. The minimum absolute atomic E-state index is 0.591. The van der Waals surface area contributed by atoms with Crippen LogP contribution in [0.25, 0.3) is 11.8 Å². The van der Waals surface area contributed by atoms with Crippen LogP contribution < -0.4 is 11.0 Å². The number of aliphatic imine (C=N–C) groups is 1. The van der Waals surface area contributed by atoms with E-state index < -0.39 is 7.92 Å². The zero-order valence-electron chi connectivity index (χ0n) is 21.1. The smallest absolute Gasteiger partial charge is 0.0991 e. The van der Waals surface area contributed by atoms with Crippen molar-refractivity contribution in [3.8, 4) is 11.9 Å². The summed E-state index contributed by atoms with van der Waals surface area (Å²) in [5.74, 6) is 2.44. The number of nitrogens with zero attached hydrogens (tertiary/aromatic N) is 3. The van der Waals surface area contributed by atoms with Crippen LogP contribution >= 0.6 is 7.92 Å². The van der Waals surface area contributed by atoms with Gasteiger partial charge in [-0.15, -0.1) is 0 Å². The molecule has 2 aliphatic rings. The summed E-state index contributed by atoms with van der Waals surface area (Å²) in [6.45, 7) is 2.08. The monoisotopic (exact) mass is 510 g/mol. The first-order chi connectivity index (χ1) is 18.6. The van der Waals surface area contributed by atoms with E-state index in [1.54, 1.807) is 12.1 Å². The third-order valence-corrected chi connectivity index (χ3v) is 7.93. The fraction of sp³-hybridized carbons (Fsp3) is 0.0606. The van der Waals surface area contributed by atoms with Crippen LogP contribution in [0, 0.1) is 29.3 Å². The average Bonchev–Trinajstić information content (AvgIpc) is 2.99. The maximum atomic E-state index is 9.78. The Hall–Kier alpha value is -4.76. The molecule has 1 atom stereocenters. The van der Waals surface area contributed by atoms with E-state index in [9.17, 15) is 5.26 Å². The van der Waals surface area contributed by atoms with Crippen molar-refractivity contribution < 1.29 is 0 Å². The van der Waals surface area contributed by atoms with E-state index in [1.807, 2.05) is 91.0 Å². The van der Waals surface area contributed by atoms with Crippen LogP contribution in [-0.4, -0.2) is 5.71 Å². The molecule has 2 aliphatic carbocycles. The second-order valence-electron chi connectivity index (χ2n) is 8.56. The van der Waals surface area contributed by atoms with Gasteiger partial charge < -0.3 is 5.73 Å². The Bertz CT molecular complexity index is 1530. The van der Waals surface area contributed by atoms with Gasteiger partial charge >= 0.3 is 0 Å². The Morgan fingerprint density at radius 1 is 0.816 bits per heavy atom. The molecule has 5 rings (SSSR count). The van der Waals surface area contributed by atoms with Crippen molar-refractivity contribution in [3.63, 3.8) is 0 Å². The van der Waals surface area contributed by atoms with Crippen LogP contribution in [-0.2, 0) is 0 Å². The van der Waals surface area contributed by atoms with Crippen molar-refractivity contribution >= 4 is 30.7 Å². The molecular formula is C33H27N4P. The minimum atomic E-state index is -1.13. The lowest BCUT2D eigenvalue weighted by Gasteiger charge is -2.16. The lowest BCUT2D eigenvalue weighted by molar-refractivity contribution is 1.30. The molecule has 3 aromatic carbocycles. The summed E-state index contributed by atoms with van der Waals surface area (Å²) in [6, 6.07) is 27.5. The number of hydrogen-bond acceptors (Lipinski definition) is 4. The lowest BCUT2D eigenvalue weighted by atomic mass is 9.99. The molecule has 38 heavy (non-hydrogen) atoms. The molecule has 0 spiro atoms. The predicted molar refractivity (Wildman–Crippen MR) is 160 cm³/mol. The van der Waals surface area contributed by atoms with Gasteiger partial charge in [-0.3, -0.25) is 4.99 Å². The average molecular weight is 511 g/mol. The number of nitrogens with two attached hydrogens (primary N) is 1. The largest absolute Gasteiger partial charge is 0.397 e. The summed E-state index contributed by atoms with van der Waals surface area (Å²) in [7, 11) is -1.13. The highest BCUT2D eigenvalue weighted by atomic mass is 31.1. The lowest BCUT2D eigenvalue weighted by Crippen LogP contribution is -2.06. The SMILES string of the molecule is Cc1c2cccc1\C(N=C1C=CC(P(C#N)c3ccc(C#N)cc3)=CC1)=C(N)/C=C\C=C/2.c1ccccc1. The van der Waals surface area contributed by atoms with Gasteiger partial charge in [0.15, 0.2) is 0 Å². The second kappa shape index (κ2) is 13.0. The van der Waals surface area contributed by atoms with Gasteiger partial charge in [0, 0.05) is 17.7 Å². The van der Waals surface area contributed by atoms with E-state index in [-0.39, 0.29) is 0 Å². The van der Waals surface area contributed by atoms with E-state index in [0.717, 1.165) is 38.7 Å². The fourth-order valence-corrected chi connectivity index (χ4v) is 5.50. The number of nitriles is 2. The molecule has 2 N–H and O–H groups in total. The van der Waals surface area contributed by atoms with Crippen LogP contribution in [0.15, 0.2) is 131 Å². The van der Waals surface area contributed by atoms with E-state index >= 15 is 0 Å². The van der Waals surface area contributed by atoms with Gasteiger partial charge in [-0.1, -0.05) is 97.1 Å². The van der Waals surface area contributed by atoms with E-state index in [0.29, 0.717) is 17.7 Å². The topological polar surface area (TPSA) is 86.0 Å². The molecule has 1 unspecified atom stereocenters. The Labute approximate surface area is 225 Å². The molecule has 0 heterocycles. The molecule has 0 amide bonds. The van der Waals surface area contributed by atoms with Crippen molar-refractivity contribution in [2.75, 3.05) is 0 Å². The first-order valence-corrected chi connectivity index (χ1v) is 13.5.